The van der Waals surface area contributed by atoms with Crippen molar-refractivity contribution in [2.75, 3.05) is 19.6 Å². The molecule has 2 atom stereocenters. The van der Waals surface area contributed by atoms with Crippen LogP contribution in [0, 0.1) is 11.8 Å². The molecule has 96 valence electrons. The largest absolute Gasteiger partial charge is 0.336 e. The van der Waals surface area contributed by atoms with E-state index in [9.17, 15) is 4.79 Å². The number of hydrogen-bond acceptors (Lipinski definition) is 2. The Morgan fingerprint density at radius 1 is 1.41 bits per heavy atom. The predicted molar refractivity (Wildman–Crippen MR) is 69.7 cm³/mol. The highest BCUT2D eigenvalue weighted by Crippen LogP contribution is 2.27. The Morgan fingerprint density at radius 3 is 2.65 bits per heavy atom. The molecule has 0 unspecified atom stereocenters. The third-order valence-corrected chi connectivity index (χ3v) is 4.21. The van der Waals surface area contributed by atoms with Crippen LogP contribution in [-0.2, 0) is 4.79 Å². The van der Waals surface area contributed by atoms with Crippen molar-refractivity contribution in [1.29, 1.82) is 0 Å². The molecule has 0 aromatic heterocycles. The minimum Gasteiger partial charge on any atom is -0.336 e. The van der Waals surface area contributed by atoms with Gasteiger partial charge in [0.25, 0.3) is 0 Å². The van der Waals surface area contributed by atoms with Gasteiger partial charge < -0.3 is 10.2 Å². The molecule has 17 heavy (non-hydrogen) atoms. The van der Waals surface area contributed by atoms with Crippen molar-refractivity contribution in [1.82, 2.24) is 10.2 Å². The van der Waals surface area contributed by atoms with Crippen LogP contribution in [0.5, 0.6) is 0 Å². The second-order valence-electron chi connectivity index (χ2n) is 5.46. The second-order valence-corrected chi connectivity index (χ2v) is 5.46. The maximum atomic E-state index is 12.6. The lowest BCUT2D eigenvalue weighted by molar-refractivity contribution is -0.137. The van der Waals surface area contributed by atoms with Crippen molar-refractivity contribution >= 4 is 5.91 Å². The summed E-state index contributed by atoms with van der Waals surface area (Å²) in [7, 11) is 0. The molecule has 2 aliphatic rings. The van der Waals surface area contributed by atoms with Gasteiger partial charge in [0.2, 0.25) is 5.91 Å². The molecular weight excluding hydrogens is 212 g/mol. The van der Waals surface area contributed by atoms with Crippen molar-refractivity contribution < 1.29 is 4.79 Å². The van der Waals surface area contributed by atoms with Gasteiger partial charge in [0, 0.05) is 19.1 Å². The second kappa shape index (κ2) is 5.67. The lowest BCUT2D eigenvalue weighted by atomic mass is 9.95. The van der Waals surface area contributed by atoms with E-state index in [4.69, 9.17) is 0 Å². The van der Waals surface area contributed by atoms with E-state index in [2.05, 4.69) is 23.7 Å². The van der Waals surface area contributed by atoms with Crippen LogP contribution in [0.2, 0.25) is 0 Å². The summed E-state index contributed by atoms with van der Waals surface area (Å²) in [6.45, 7) is 8.50. The van der Waals surface area contributed by atoms with Gasteiger partial charge >= 0.3 is 0 Å². The molecule has 3 nitrogen and oxygen atoms in total. The molecule has 0 spiro atoms. The molecule has 0 bridgehead atoms. The number of nitrogens with zero attached hydrogens (tertiary/aromatic N) is 1. The lowest BCUT2D eigenvalue weighted by Gasteiger charge is -2.31. The molecule has 1 saturated carbocycles. The van der Waals surface area contributed by atoms with Gasteiger partial charge in [-0.25, -0.2) is 0 Å². The highest BCUT2D eigenvalue weighted by atomic mass is 16.2. The first-order chi connectivity index (χ1) is 8.24. The van der Waals surface area contributed by atoms with Crippen molar-refractivity contribution in [3.8, 4) is 0 Å². The van der Waals surface area contributed by atoms with E-state index in [0.29, 0.717) is 24.4 Å². The molecule has 2 rings (SSSR count). The molecule has 0 aromatic carbocycles. The Morgan fingerprint density at radius 2 is 2.12 bits per heavy atom. The van der Waals surface area contributed by atoms with Crippen LogP contribution in [0.25, 0.3) is 0 Å². The fraction of sp³-hybridized carbons (Fsp3) is 0.786. The van der Waals surface area contributed by atoms with E-state index in [1.807, 2.05) is 6.08 Å². The molecule has 0 radical (unpaired) electrons. The monoisotopic (exact) mass is 236 g/mol. The van der Waals surface area contributed by atoms with E-state index in [1.165, 1.54) is 25.7 Å². The van der Waals surface area contributed by atoms with Crippen LogP contribution in [0.4, 0.5) is 0 Å². The Balaban J connectivity index is 2.03. The van der Waals surface area contributed by atoms with Crippen LogP contribution in [0.1, 0.15) is 32.6 Å². The maximum absolute atomic E-state index is 12.6. The molecule has 0 aromatic rings. The summed E-state index contributed by atoms with van der Waals surface area (Å²) < 4.78 is 0. The van der Waals surface area contributed by atoms with E-state index in [1.54, 1.807) is 0 Å². The summed E-state index contributed by atoms with van der Waals surface area (Å²) in [5.74, 6) is 0.987. The maximum Gasteiger partial charge on any atom is 0.227 e. The summed E-state index contributed by atoms with van der Waals surface area (Å²) >= 11 is 0. The molecule has 1 N–H and O–H groups in total. The minimum atomic E-state index is 0.176. The van der Waals surface area contributed by atoms with Crippen molar-refractivity contribution in [2.24, 2.45) is 11.8 Å². The Bertz CT molecular complexity index is 284. The van der Waals surface area contributed by atoms with Crippen LogP contribution >= 0.6 is 0 Å². The van der Waals surface area contributed by atoms with Crippen LogP contribution in [0.3, 0.4) is 0 Å². The molecule has 1 aliphatic carbocycles. The molecule has 1 amide bonds. The number of amides is 1. The fourth-order valence-corrected chi connectivity index (χ4v) is 3.13. The highest BCUT2D eigenvalue weighted by Gasteiger charge is 2.35. The first-order valence-electron chi connectivity index (χ1n) is 6.86. The number of carbonyl (C=O) groups excluding carboxylic acids is 1. The van der Waals surface area contributed by atoms with E-state index in [0.717, 1.165) is 13.1 Å². The first kappa shape index (κ1) is 12.6. The molecular formula is C14H24N2O. The van der Waals surface area contributed by atoms with Crippen molar-refractivity contribution in [3.05, 3.63) is 12.7 Å². The van der Waals surface area contributed by atoms with Crippen molar-refractivity contribution in [3.63, 3.8) is 0 Å². The smallest absolute Gasteiger partial charge is 0.227 e. The number of nitrogens with one attached hydrogen (secondary N) is 1. The zero-order valence-electron chi connectivity index (χ0n) is 10.8. The molecule has 1 saturated heterocycles. The topological polar surface area (TPSA) is 32.3 Å². The van der Waals surface area contributed by atoms with Crippen molar-refractivity contribution in [2.45, 2.75) is 38.6 Å². The number of hydrogen-bond donors (Lipinski definition) is 1. The van der Waals surface area contributed by atoms with Gasteiger partial charge in [-0.2, -0.15) is 0 Å². The van der Waals surface area contributed by atoms with Gasteiger partial charge in [0.05, 0.1) is 5.92 Å². The molecule has 2 fully saturated rings. The average molecular weight is 236 g/mol. The quantitative estimate of drug-likeness (QED) is 0.755. The summed E-state index contributed by atoms with van der Waals surface area (Å²) in [6.07, 6.45) is 6.75. The van der Waals surface area contributed by atoms with Gasteiger partial charge in [-0.3, -0.25) is 4.79 Å². The first-order valence-corrected chi connectivity index (χ1v) is 6.86. The average Bonchev–Trinajstić information content (AvgIpc) is 2.95. The number of carbonyl (C=O) groups is 1. The van der Waals surface area contributed by atoms with Gasteiger partial charge in [-0.05, 0) is 25.3 Å². The summed E-state index contributed by atoms with van der Waals surface area (Å²) in [6, 6.07) is 0.466. The minimum absolute atomic E-state index is 0.176. The van der Waals surface area contributed by atoms with E-state index in [-0.39, 0.29) is 5.92 Å². The molecule has 1 heterocycles. The Hall–Kier alpha value is -0.830. The SMILES string of the molecule is C=CCN(C(=O)[C@@H]1CNC[C@H]1C)C1CCCC1. The Kier molecular flexibility index (Phi) is 4.21. The van der Waals surface area contributed by atoms with Gasteiger partial charge in [-0.15, -0.1) is 6.58 Å². The zero-order valence-corrected chi connectivity index (χ0v) is 10.8. The van der Waals surface area contributed by atoms with Crippen LogP contribution < -0.4 is 5.32 Å². The summed E-state index contributed by atoms with van der Waals surface area (Å²) in [5.41, 5.74) is 0. The summed E-state index contributed by atoms with van der Waals surface area (Å²) in [4.78, 5) is 14.6. The van der Waals surface area contributed by atoms with Crippen LogP contribution in [-0.4, -0.2) is 36.5 Å². The van der Waals surface area contributed by atoms with Gasteiger partial charge in [0.1, 0.15) is 0 Å². The van der Waals surface area contributed by atoms with E-state index >= 15 is 0 Å². The predicted octanol–water partition coefficient (Wildman–Crippen LogP) is 1.80. The zero-order chi connectivity index (χ0) is 12.3. The lowest BCUT2D eigenvalue weighted by Crippen LogP contribution is -2.44. The Labute approximate surface area is 104 Å². The third-order valence-electron chi connectivity index (χ3n) is 4.21. The van der Waals surface area contributed by atoms with E-state index < -0.39 is 0 Å². The standard InChI is InChI=1S/C14H24N2O/c1-3-8-16(12-6-4-5-7-12)14(17)13-10-15-9-11(13)2/h3,11-13,15H,1,4-10H2,2H3/t11-,13-/m1/s1. The normalized spacial score (nSPS) is 29.5. The van der Waals surface area contributed by atoms with Crippen LogP contribution in [0.15, 0.2) is 12.7 Å². The number of rotatable bonds is 4. The summed E-state index contributed by atoms with van der Waals surface area (Å²) in [5, 5.41) is 3.32. The third kappa shape index (κ3) is 2.71. The highest BCUT2D eigenvalue weighted by molar-refractivity contribution is 5.80. The van der Waals surface area contributed by atoms with Gasteiger partial charge in [-0.1, -0.05) is 25.8 Å². The molecule has 3 heteroatoms. The fourth-order valence-electron chi connectivity index (χ4n) is 3.13. The van der Waals surface area contributed by atoms with Gasteiger partial charge in [0.15, 0.2) is 0 Å². The molecule has 1 aliphatic heterocycles.